The zero-order chi connectivity index (χ0) is 16.5. The molecule has 0 spiro atoms. The van der Waals surface area contributed by atoms with E-state index in [1.807, 2.05) is 37.3 Å². The molecule has 2 amide bonds. The van der Waals surface area contributed by atoms with E-state index in [1.165, 1.54) is 0 Å². The fourth-order valence-corrected chi connectivity index (χ4v) is 2.18. The van der Waals surface area contributed by atoms with Crippen LogP contribution in [-0.2, 0) is 13.0 Å². The lowest BCUT2D eigenvalue weighted by atomic mass is 10.0. The first-order valence-corrected chi connectivity index (χ1v) is 7.62. The highest BCUT2D eigenvalue weighted by molar-refractivity contribution is 5.73. The maximum absolute atomic E-state index is 11.9. The summed E-state index contributed by atoms with van der Waals surface area (Å²) >= 11 is 0. The number of aromatic nitrogens is 2. The molecule has 23 heavy (non-hydrogen) atoms. The zero-order valence-electron chi connectivity index (χ0n) is 13.2. The van der Waals surface area contributed by atoms with Gasteiger partial charge in [0.1, 0.15) is 0 Å². The third-order valence-electron chi connectivity index (χ3n) is 3.57. The van der Waals surface area contributed by atoms with Crippen molar-refractivity contribution in [3.63, 3.8) is 0 Å². The Hall–Kier alpha value is -2.47. The lowest BCUT2D eigenvalue weighted by molar-refractivity contribution is 0.213. The number of hydrogen-bond donors (Lipinski definition) is 3. The molecule has 2 rings (SSSR count). The van der Waals surface area contributed by atoms with Crippen LogP contribution in [0.4, 0.5) is 4.79 Å². The Morgan fingerprint density at radius 3 is 2.70 bits per heavy atom. The molecule has 0 saturated carbocycles. The molecule has 2 aromatic rings. The standard InChI is InChI=1S/C17H22N4O2/c1-13-5-4-8-19-16(13)11-21-17(23)20-10-14(12-22)9-15-6-2-3-7-18-15/h2-8,14,22H,9-12H2,1H3,(H2,20,21,23). The van der Waals surface area contributed by atoms with Crippen molar-refractivity contribution in [3.8, 4) is 0 Å². The molecule has 122 valence electrons. The number of amides is 2. The molecule has 2 aromatic heterocycles. The van der Waals surface area contributed by atoms with Crippen molar-refractivity contribution in [2.45, 2.75) is 19.9 Å². The predicted molar refractivity (Wildman–Crippen MR) is 87.7 cm³/mol. The highest BCUT2D eigenvalue weighted by Crippen LogP contribution is 2.05. The summed E-state index contributed by atoms with van der Waals surface area (Å²) in [6.45, 7) is 2.72. The number of urea groups is 1. The van der Waals surface area contributed by atoms with Gasteiger partial charge in [0.25, 0.3) is 0 Å². The molecule has 0 fully saturated rings. The third-order valence-corrected chi connectivity index (χ3v) is 3.57. The largest absolute Gasteiger partial charge is 0.396 e. The van der Waals surface area contributed by atoms with Gasteiger partial charge in [-0.15, -0.1) is 0 Å². The van der Waals surface area contributed by atoms with Crippen LogP contribution < -0.4 is 10.6 Å². The number of aryl methyl sites for hydroxylation is 1. The molecule has 3 N–H and O–H groups in total. The van der Waals surface area contributed by atoms with Gasteiger partial charge >= 0.3 is 6.03 Å². The topological polar surface area (TPSA) is 87.1 Å². The lowest BCUT2D eigenvalue weighted by Gasteiger charge is -2.15. The van der Waals surface area contributed by atoms with Gasteiger partial charge in [-0.3, -0.25) is 9.97 Å². The molecule has 0 radical (unpaired) electrons. The van der Waals surface area contributed by atoms with Crippen LogP contribution in [0.2, 0.25) is 0 Å². The molecule has 6 nitrogen and oxygen atoms in total. The van der Waals surface area contributed by atoms with Crippen molar-refractivity contribution in [1.29, 1.82) is 0 Å². The fourth-order valence-electron chi connectivity index (χ4n) is 2.18. The normalized spacial score (nSPS) is 11.7. The van der Waals surface area contributed by atoms with Crippen molar-refractivity contribution in [2.24, 2.45) is 5.92 Å². The molecule has 0 bridgehead atoms. The summed E-state index contributed by atoms with van der Waals surface area (Å²) in [5, 5.41) is 15.0. The summed E-state index contributed by atoms with van der Waals surface area (Å²) in [4.78, 5) is 20.3. The summed E-state index contributed by atoms with van der Waals surface area (Å²) in [5.41, 5.74) is 2.78. The van der Waals surface area contributed by atoms with Crippen LogP contribution in [0.3, 0.4) is 0 Å². The van der Waals surface area contributed by atoms with Crippen LogP contribution >= 0.6 is 0 Å². The van der Waals surface area contributed by atoms with Gasteiger partial charge in [0.05, 0.1) is 12.2 Å². The van der Waals surface area contributed by atoms with E-state index < -0.39 is 0 Å². The quantitative estimate of drug-likeness (QED) is 0.721. The van der Waals surface area contributed by atoms with Gasteiger partial charge in [-0.05, 0) is 37.1 Å². The molecule has 0 saturated heterocycles. The molecule has 2 heterocycles. The molecular formula is C17H22N4O2. The van der Waals surface area contributed by atoms with E-state index in [9.17, 15) is 9.90 Å². The predicted octanol–water partition coefficient (Wildman–Crippen LogP) is 1.44. The second kappa shape index (κ2) is 8.85. The first kappa shape index (κ1) is 16.9. The number of pyridine rings is 2. The monoisotopic (exact) mass is 314 g/mol. The smallest absolute Gasteiger partial charge is 0.315 e. The fraction of sp³-hybridized carbons (Fsp3) is 0.353. The summed E-state index contributed by atoms with van der Waals surface area (Å²) in [7, 11) is 0. The summed E-state index contributed by atoms with van der Waals surface area (Å²) < 4.78 is 0. The molecular weight excluding hydrogens is 292 g/mol. The molecule has 6 heteroatoms. The average Bonchev–Trinajstić information content (AvgIpc) is 2.58. The summed E-state index contributed by atoms with van der Waals surface area (Å²) in [6.07, 6.45) is 4.05. The van der Waals surface area contributed by atoms with E-state index in [2.05, 4.69) is 20.6 Å². The summed E-state index contributed by atoms with van der Waals surface area (Å²) in [6, 6.07) is 9.22. The molecule has 1 atom stereocenters. The SMILES string of the molecule is Cc1cccnc1CNC(=O)NCC(CO)Cc1ccccn1. The highest BCUT2D eigenvalue weighted by atomic mass is 16.3. The van der Waals surface area contributed by atoms with E-state index in [-0.39, 0.29) is 18.6 Å². The average molecular weight is 314 g/mol. The Balaban J connectivity index is 1.75. The van der Waals surface area contributed by atoms with Gasteiger partial charge in [-0.25, -0.2) is 4.79 Å². The molecule has 1 unspecified atom stereocenters. The Bertz CT molecular complexity index is 619. The number of nitrogens with zero attached hydrogens (tertiary/aromatic N) is 2. The first-order valence-electron chi connectivity index (χ1n) is 7.62. The van der Waals surface area contributed by atoms with Crippen LogP contribution in [-0.4, -0.2) is 34.3 Å². The zero-order valence-corrected chi connectivity index (χ0v) is 13.2. The Kier molecular flexibility index (Phi) is 6.50. The van der Waals surface area contributed by atoms with Crippen molar-refractivity contribution in [1.82, 2.24) is 20.6 Å². The van der Waals surface area contributed by atoms with Crippen molar-refractivity contribution in [3.05, 3.63) is 59.7 Å². The van der Waals surface area contributed by atoms with E-state index >= 15 is 0 Å². The van der Waals surface area contributed by atoms with Crippen LogP contribution in [0.1, 0.15) is 17.0 Å². The Morgan fingerprint density at radius 1 is 1.17 bits per heavy atom. The van der Waals surface area contributed by atoms with Crippen LogP contribution in [0.25, 0.3) is 0 Å². The molecule has 0 aliphatic rings. The second-order valence-corrected chi connectivity index (χ2v) is 5.40. The van der Waals surface area contributed by atoms with Crippen LogP contribution in [0.5, 0.6) is 0 Å². The van der Waals surface area contributed by atoms with E-state index in [0.29, 0.717) is 19.5 Å². The number of aliphatic hydroxyl groups excluding tert-OH is 1. The highest BCUT2D eigenvalue weighted by Gasteiger charge is 2.11. The third kappa shape index (κ3) is 5.67. The van der Waals surface area contributed by atoms with Gasteiger partial charge in [0.2, 0.25) is 0 Å². The van der Waals surface area contributed by atoms with Gasteiger partial charge in [-0.1, -0.05) is 12.1 Å². The molecule has 0 aromatic carbocycles. The number of carbonyl (C=O) groups is 1. The summed E-state index contributed by atoms with van der Waals surface area (Å²) in [5.74, 6) is -0.0627. The first-order chi connectivity index (χ1) is 11.2. The number of hydrogen-bond acceptors (Lipinski definition) is 4. The molecule has 0 aliphatic carbocycles. The van der Waals surface area contributed by atoms with Crippen molar-refractivity contribution in [2.75, 3.05) is 13.2 Å². The van der Waals surface area contributed by atoms with E-state index in [4.69, 9.17) is 0 Å². The molecule has 0 aliphatic heterocycles. The number of aliphatic hydroxyl groups is 1. The minimum atomic E-state index is -0.269. The van der Waals surface area contributed by atoms with Crippen molar-refractivity contribution < 1.29 is 9.90 Å². The van der Waals surface area contributed by atoms with Crippen LogP contribution in [0, 0.1) is 12.8 Å². The Labute approximate surface area is 136 Å². The van der Waals surface area contributed by atoms with Gasteiger partial charge in [0, 0.05) is 37.2 Å². The maximum atomic E-state index is 11.9. The number of rotatable bonds is 7. The van der Waals surface area contributed by atoms with Gasteiger partial charge < -0.3 is 15.7 Å². The van der Waals surface area contributed by atoms with Gasteiger partial charge in [-0.2, -0.15) is 0 Å². The minimum absolute atomic E-state index is 0.00377. The number of nitrogens with one attached hydrogen (secondary N) is 2. The van der Waals surface area contributed by atoms with Crippen LogP contribution in [0.15, 0.2) is 42.7 Å². The Morgan fingerprint density at radius 2 is 2.00 bits per heavy atom. The van der Waals surface area contributed by atoms with Gasteiger partial charge in [0.15, 0.2) is 0 Å². The van der Waals surface area contributed by atoms with E-state index in [0.717, 1.165) is 17.0 Å². The van der Waals surface area contributed by atoms with E-state index in [1.54, 1.807) is 12.4 Å². The second-order valence-electron chi connectivity index (χ2n) is 5.40. The van der Waals surface area contributed by atoms with Crippen molar-refractivity contribution >= 4 is 6.03 Å². The number of carbonyl (C=O) groups excluding carboxylic acids is 1. The lowest BCUT2D eigenvalue weighted by Crippen LogP contribution is -2.39. The minimum Gasteiger partial charge on any atom is -0.396 e. The maximum Gasteiger partial charge on any atom is 0.315 e.